The highest BCUT2D eigenvalue weighted by Crippen LogP contribution is 2.41. The van der Waals surface area contributed by atoms with Crippen molar-refractivity contribution in [2.75, 3.05) is 17.8 Å². The van der Waals surface area contributed by atoms with Crippen LogP contribution in [0.4, 0.5) is 0 Å². The number of nitrogens with zero attached hydrogens (tertiary/aromatic N) is 6. The minimum absolute atomic E-state index is 0.271. The van der Waals surface area contributed by atoms with Gasteiger partial charge >= 0.3 is 5.97 Å². The molecule has 1 unspecified atom stereocenters. The zero-order valence-corrected chi connectivity index (χ0v) is 21.9. The Hall–Kier alpha value is -3.09. The van der Waals surface area contributed by atoms with Crippen LogP contribution in [0.1, 0.15) is 17.2 Å². The first-order chi connectivity index (χ1) is 17.6. The fourth-order valence-corrected chi connectivity index (χ4v) is 6.65. The number of aromatic nitrogens is 4. The first-order valence-electron chi connectivity index (χ1n) is 11.0. The second-order valence-electron chi connectivity index (χ2n) is 7.93. The summed E-state index contributed by atoms with van der Waals surface area (Å²) in [7, 11) is 1.76. The number of β-lactam (4-membered cyclic amide) rings is 1. The second kappa shape index (κ2) is 10.9. The van der Waals surface area contributed by atoms with Gasteiger partial charge in [0.1, 0.15) is 16.8 Å². The molecule has 5 rings (SSSR count). The number of rotatable bonds is 8. The Balaban J connectivity index is 1.49. The van der Waals surface area contributed by atoms with E-state index in [1.165, 1.54) is 28.6 Å². The molecule has 2 aromatic carbocycles. The summed E-state index contributed by atoms with van der Waals surface area (Å²) in [6.07, 6.45) is 1.19. The van der Waals surface area contributed by atoms with Crippen molar-refractivity contribution in [3.63, 3.8) is 0 Å². The molecule has 0 bridgehead atoms. The number of carbonyl (C=O) groups excluding carboxylic acids is 2. The average molecular weight is 539 g/mol. The summed E-state index contributed by atoms with van der Waals surface area (Å²) in [6.45, 7) is 0. The standard InChI is InChI=1S/C24H22N6O3S3/c1-29-24(25-27-28-29)36-14-17-13-35-22-18(26-34-2)21(31)30(22)19(17)23(32)33-20(15-9-5-3-6-10-15)16-11-7-4-8-12-16/h3-12,20,22H,13-14H2,1-2H3. The van der Waals surface area contributed by atoms with Crippen molar-refractivity contribution in [1.82, 2.24) is 25.1 Å². The maximum atomic E-state index is 13.8. The lowest BCUT2D eigenvalue weighted by Crippen LogP contribution is -2.62. The molecule has 36 heavy (non-hydrogen) atoms. The van der Waals surface area contributed by atoms with Crippen LogP contribution in [0.15, 0.2) is 81.5 Å². The van der Waals surface area contributed by atoms with Gasteiger partial charge in [0, 0.05) is 24.8 Å². The van der Waals surface area contributed by atoms with Crippen molar-refractivity contribution in [3.8, 4) is 0 Å². The normalized spacial score (nSPS) is 18.4. The van der Waals surface area contributed by atoms with E-state index in [0.717, 1.165) is 16.7 Å². The van der Waals surface area contributed by atoms with Gasteiger partial charge in [-0.05, 0) is 39.1 Å². The molecule has 0 spiro atoms. The fourth-order valence-electron chi connectivity index (χ4n) is 3.96. The van der Waals surface area contributed by atoms with Gasteiger partial charge in [-0.25, -0.2) is 13.9 Å². The van der Waals surface area contributed by atoms with Crippen molar-refractivity contribution in [2.24, 2.45) is 11.4 Å². The highest BCUT2D eigenvalue weighted by Gasteiger charge is 2.51. The summed E-state index contributed by atoms with van der Waals surface area (Å²) < 4.78 is 12.0. The second-order valence-corrected chi connectivity index (χ2v) is 10.5. The molecule has 2 aliphatic rings. The van der Waals surface area contributed by atoms with E-state index in [-0.39, 0.29) is 17.0 Å². The van der Waals surface area contributed by atoms with Gasteiger partial charge in [0.05, 0.1) is 0 Å². The summed E-state index contributed by atoms with van der Waals surface area (Å²) in [5, 5.41) is 11.9. The first-order valence-corrected chi connectivity index (χ1v) is 14.2. The first kappa shape index (κ1) is 24.6. The van der Waals surface area contributed by atoms with Gasteiger partial charge in [-0.15, -0.1) is 16.9 Å². The topological polar surface area (TPSA) is 103 Å². The molecule has 1 amide bonds. The molecule has 1 fully saturated rings. The lowest BCUT2D eigenvalue weighted by molar-refractivity contribution is -0.147. The van der Waals surface area contributed by atoms with E-state index in [2.05, 4.69) is 19.9 Å². The van der Waals surface area contributed by atoms with E-state index < -0.39 is 12.1 Å². The van der Waals surface area contributed by atoms with Crippen LogP contribution in [-0.2, 0) is 21.4 Å². The molecular formula is C24H22N6O3S3. The van der Waals surface area contributed by atoms with Crippen molar-refractivity contribution in [2.45, 2.75) is 16.6 Å². The monoisotopic (exact) mass is 538 g/mol. The predicted octanol–water partition coefficient (Wildman–Crippen LogP) is 3.52. The van der Waals surface area contributed by atoms with Gasteiger partial charge < -0.3 is 4.74 Å². The number of fused-ring (bicyclic) bond motifs is 1. The van der Waals surface area contributed by atoms with E-state index in [9.17, 15) is 9.59 Å². The Morgan fingerprint density at radius 2 is 1.83 bits per heavy atom. The highest BCUT2D eigenvalue weighted by molar-refractivity contribution is 8.02. The minimum atomic E-state index is -0.618. The van der Waals surface area contributed by atoms with Crippen LogP contribution in [0.2, 0.25) is 0 Å². The summed E-state index contributed by atoms with van der Waals surface area (Å²) in [5.74, 6) is 0.193. The van der Waals surface area contributed by atoms with Gasteiger partial charge in [-0.3, -0.25) is 9.69 Å². The van der Waals surface area contributed by atoms with Crippen LogP contribution in [0.5, 0.6) is 0 Å². The molecule has 184 valence electrons. The van der Waals surface area contributed by atoms with Gasteiger partial charge in [0.25, 0.3) is 5.91 Å². The number of amides is 1. The average Bonchev–Trinajstić information content (AvgIpc) is 3.33. The molecule has 9 nitrogen and oxygen atoms in total. The molecule has 1 saturated heterocycles. The Kier molecular flexibility index (Phi) is 7.44. The Morgan fingerprint density at radius 3 is 2.42 bits per heavy atom. The number of hydrogen-bond donors (Lipinski definition) is 0. The van der Waals surface area contributed by atoms with Gasteiger partial charge in [0.15, 0.2) is 6.10 Å². The predicted molar refractivity (Wildman–Crippen MR) is 141 cm³/mol. The van der Waals surface area contributed by atoms with E-state index in [0.29, 0.717) is 22.4 Å². The van der Waals surface area contributed by atoms with Crippen LogP contribution >= 0.6 is 35.5 Å². The van der Waals surface area contributed by atoms with Crippen LogP contribution in [-0.4, -0.2) is 65.8 Å². The summed E-state index contributed by atoms with van der Waals surface area (Å²) in [6, 6.07) is 19.2. The van der Waals surface area contributed by atoms with Crippen LogP contribution in [0.3, 0.4) is 0 Å². The molecule has 3 heterocycles. The SMILES string of the molecule is CSN=C1C(=O)N2C(C(=O)OC(c3ccccc3)c3ccccc3)=C(CSc3nnnn3C)CSC12. The third kappa shape index (κ3) is 4.80. The summed E-state index contributed by atoms with van der Waals surface area (Å²) in [5.41, 5.74) is 3.23. The van der Waals surface area contributed by atoms with E-state index in [4.69, 9.17) is 4.74 Å². The summed E-state index contributed by atoms with van der Waals surface area (Å²) in [4.78, 5) is 28.4. The number of esters is 1. The summed E-state index contributed by atoms with van der Waals surface area (Å²) >= 11 is 4.22. The third-order valence-corrected chi connectivity index (χ3v) is 8.41. The lowest BCUT2D eigenvalue weighted by Gasteiger charge is -2.45. The van der Waals surface area contributed by atoms with Crippen molar-refractivity contribution in [3.05, 3.63) is 83.1 Å². The minimum Gasteiger partial charge on any atom is -0.448 e. The largest absolute Gasteiger partial charge is 0.448 e. The molecular weight excluding hydrogens is 517 g/mol. The zero-order chi connectivity index (χ0) is 25.1. The maximum absolute atomic E-state index is 13.8. The molecule has 1 aromatic heterocycles. The van der Waals surface area contributed by atoms with E-state index >= 15 is 0 Å². The zero-order valence-electron chi connectivity index (χ0n) is 19.5. The fraction of sp³-hybridized carbons (Fsp3) is 0.250. The smallest absolute Gasteiger partial charge is 0.356 e. The third-order valence-electron chi connectivity index (χ3n) is 5.67. The van der Waals surface area contributed by atoms with Crippen LogP contribution in [0, 0.1) is 0 Å². The number of carbonyl (C=O) groups is 2. The molecule has 0 N–H and O–H groups in total. The quantitative estimate of drug-likeness (QED) is 0.184. The molecule has 1 atom stereocenters. The van der Waals surface area contributed by atoms with E-state index in [1.807, 2.05) is 66.9 Å². The Morgan fingerprint density at radius 1 is 1.17 bits per heavy atom. The Labute approximate surface area is 220 Å². The number of thioether (sulfide) groups is 2. The maximum Gasteiger partial charge on any atom is 0.356 e. The number of ether oxygens (including phenoxy) is 1. The highest BCUT2D eigenvalue weighted by atomic mass is 32.2. The van der Waals surface area contributed by atoms with Crippen LogP contribution in [0.25, 0.3) is 0 Å². The molecule has 0 radical (unpaired) electrons. The van der Waals surface area contributed by atoms with Crippen molar-refractivity contribution >= 4 is 53.1 Å². The van der Waals surface area contributed by atoms with Gasteiger partial charge in [-0.2, -0.15) is 0 Å². The number of tetrazole rings is 1. The van der Waals surface area contributed by atoms with Crippen molar-refractivity contribution in [1.29, 1.82) is 0 Å². The molecule has 0 saturated carbocycles. The molecule has 2 aliphatic heterocycles. The molecule has 12 heteroatoms. The van der Waals surface area contributed by atoms with Gasteiger partial charge in [-0.1, -0.05) is 72.4 Å². The number of benzene rings is 2. The molecule has 0 aliphatic carbocycles. The van der Waals surface area contributed by atoms with E-state index in [1.54, 1.807) is 23.5 Å². The van der Waals surface area contributed by atoms with Crippen LogP contribution < -0.4 is 0 Å². The van der Waals surface area contributed by atoms with Crippen molar-refractivity contribution < 1.29 is 14.3 Å². The molecule has 3 aromatic rings. The number of aryl methyl sites for hydroxylation is 1. The van der Waals surface area contributed by atoms with Gasteiger partial charge in [0.2, 0.25) is 5.16 Å². The Bertz CT molecular complexity index is 1290. The lowest BCUT2D eigenvalue weighted by atomic mass is 10.0. The number of hydrogen-bond acceptors (Lipinski definition) is 10.